The molecule has 0 unspecified atom stereocenters. The highest BCUT2D eigenvalue weighted by atomic mass is 32.2. The van der Waals surface area contributed by atoms with Crippen molar-refractivity contribution < 1.29 is 28.7 Å². The maximum absolute atomic E-state index is 12.8. The zero-order chi connectivity index (χ0) is 24.8. The van der Waals surface area contributed by atoms with E-state index in [-0.39, 0.29) is 18.1 Å². The number of benzene rings is 2. The van der Waals surface area contributed by atoms with Gasteiger partial charge in [0.05, 0.1) is 11.5 Å². The standard InChI is InChI=1S/C24H25N3O6S/c1-4-32-19-10-16(5-6-18(19)33-13-21(25)28)11-20-23(30)27(24(31)34-20)12-22(29)26-17-8-14(2)7-15(3)9-17/h5-11H,4,12-13H2,1-3H3,(H2,25,28)(H,26,29)/b20-11-. The van der Waals surface area contributed by atoms with Gasteiger partial charge in [0.1, 0.15) is 6.54 Å². The molecule has 0 atom stereocenters. The number of imide groups is 1. The van der Waals surface area contributed by atoms with E-state index >= 15 is 0 Å². The number of carbonyl (C=O) groups excluding carboxylic acids is 4. The number of primary amides is 1. The molecule has 1 aliphatic heterocycles. The number of ether oxygens (including phenoxy) is 2. The molecule has 1 heterocycles. The molecule has 0 radical (unpaired) electrons. The van der Waals surface area contributed by atoms with Crippen LogP contribution in [0.25, 0.3) is 6.08 Å². The van der Waals surface area contributed by atoms with Crippen LogP contribution in [-0.4, -0.2) is 47.6 Å². The third-order valence-corrected chi connectivity index (χ3v) is 5.52. The molecule has 3 rings (SSSR count). The molecule has 2 aromatic carbocycles. The van der Waals surface area contributed by atoms with Crippen molar-refractivity contribution in [2.75, 3.05) is 25.1 Å². The van der Waals surface area contributed by atoms with Gasteiger partial charge in [-0.05, 0) is 79.6 Å². The highest BCUT2D eigenvalue weighted by molar-refractivity contribution is 8.18. The Morgan fingerprint density at radius 1 is 1.06 bits per heavy atom. The van der Waals surface area contributed by atoms with Crippen molar-refractivity contribution in [3.8, 4) is 11.5 Å². The molecule has 0 spiro atoms. The zero-order valence-corrected chi connectivity index (χ0v) is 19.9. The van der Waals surface area contributed by atoms with E-state index in [0.29, 0.717) is 29.4 Å². The maximum Gasteiger partial charge on any atom is 0.294 e. The Kier molecular flexibility index (Phi) is 7.95. The SMILES string of the molecule is CCOc1cc(/C=C2\SC(=O)N(CC(=O)Nc3cc(C)cc(C)c3)C2=O)ccc1OCC(N)=O. The second-order valence-electron chi connectivity index (χ2n) is 7.59. The number of hydrogen-bond donors (Lipinski definition) is 2. The van der Waals surface area contributed by atoms with Crippen LogP contribution < -0.4 is 20.5 Å². The van der Waals surface area contributed by atoms with Gasteiger partial charge in [0.15, 0.2) is 18.1 Å². The third kappa shape index (κ3) is 6.38. The lowest BCUT2D eigenvalue weighted by Crippen LogP contribution is -2.36. The number of nitrogens with zero attached hydrogens (tertiary/aromatic N) is 1. The highest BCUT2D eigenvalue weighted by Gasteiger charge is 2.36. The minimum atomic E-state index is -0.623. The Morgan fingerprint density at radius 3 is 2.41 bits per heavy atom. The van der Waals surface area contributed by atoms with E-state index in [2.05, 4.69) is 5.32 Å². The molecule has 1 saturated heterocycles. The van der Waals surface area contributed by atoms with Crippen LogP contribution in [0, 0.1) is 13.8 Å². The van der Waals surface area contributed by atoms with E-state index in [0.717, 1.165) is 27.8 Å². The quantitative estimate of drug-likeness (QED) is 0.524. The normalized spacial score (nSPS) is 14.4. The molecule has 0 aliphatic carbocycles. The van der Waals surface area contributed by atoms with Gasteiger partial charge in [-0.15, -0.1) is 0 Å². The number of amides is 4. The van der Waals surface area contributed by atoms with Crippen LogP contribution in [-0.2, 0) is 14.4 Å². The van der Waals surface area contributed by atoms with Crippen molar-refractivity contribution in [2.24, 2.45) is 5.73 Å². The molecule has 2 aromatic rings. The smallest absolute Gasteiger partial charge is 0.294 e. The van der Waals surface area contributed by atoms with Gasteiger partial charge < -0.3 is 20.5 Å². The summed E-state index contributed by atoms with van der Waals surface area (Å²) >= 11 is 0.753. The monoisotopic (exact) mass is 483 g/mol. The van der Waals surface area contributed by atoms with Gasteiger partial charge in [-0.2, -0.15) is 0 Å². The van der Waals surface area contributed by atoms with Gasteiger partial charge in [0.2, 0.25) is 5.91 Å². The summed E-state index contributed by atoms with van der Waals surface area (Å²) in [6.45, 7) is 5.28. The summed E-state index contributed by atoms with van der Waals surface area (Å²) in [5, 5.41) is 2.20. The largest absolute Gasteiger partial charge is 0.490 e. The predicted molar refractivity (Wildman–Crippen MR) is 130 cm³/mol. The summed E-state index contributed by atoms with van der Waals surface area (Å²) in [5.74, 6) is -0.957. The molecular weight excluding hydrogens is 458 g/mol. The van der Waals surface area contributed by atoms with Crippen LogP contribution in [0.1, 0.15) is 23.6 Å². The molecule has 0 saturated carbocycles. The number of carbonyl (C=O) groups is 4. The molecule has 4 amide bonds. The average Bonchev–Trinajstić information content (AvgIpc) is 3.00. The van der Waals surface area contributed by atoms with E-state index in [1.807, 2.05) is 32.0 Å². The fraction of sp³-hybridized carbons (Fsp3) is 0.250. The number of nitrogens with two attached hydrogens (primary N) is 1. The van der Waals surface area contributed by atoms with Crippen molar-refractivity contribution >= 4 is 46.5 Å². The van der Waals surface area contributed by atoms with Crippen molar-refractivity contribution in [2.45, 2.75) is 20.8 Å². The molecule has 1 aliphatic rings. The van der Waals surface area contributed by atoms with E-state index in [1.165, 1.54) is 6.08 Å². The van der Waals surface area contributed by atoms with Gasteiger partial charge in [-0.3, -0.25) is 24.1 Å². The van der Waals surface area contributed by atoms with Crippen molar-refractivity contribution in [3.63, 3.8) is 0 Å². The number of anilines is 1. The molecule has 178 valence electrons. The molecule has 0 aromatic heterocycles. The molecule has 3 N–H and O–H groups in total. The van der Waals surface area contributed by atoms with Crippen LogP contribution in [0.3, 0.4) is 0 Å². The van der Waals surface area contributed by atoms with Crippen molar-refractivity contribution in [1.29, 1.82) is 0 Å². The van der Waals surface area contributed by atoms with Crippen LogP contribution in [0.15, 0.2) is 41.3 Å². The number of hydrogen-bond acceptors (Lipinski definition) is 7. The van der Waals surface area contributed by atoms with Gasteiger partial charge in [0, 0.05) is 5.69 Å². The zero-order valence-electron chi connectivity index (χ0n) is 19.0. The average molecular weight is 484 g/mol. The van der Waals surface area contributed by atoms with Gasteiger partial charge in [0.25, 0.3) is 17.1 Å². The predicted octanol–water partition coefficient (Wildman–Crippen LogP) is 3.24. The topological polar surface area (TPSA) is 128 Å². The Labute approximate surface area is 201 Å². The fourth-order valence-corrected chi connectivity index (χ4v) is 4.17. The summed E-state index contributed by atoms with van der Waals surface area (Å²) in [6.07, 6.45) is 1.53. The second-order valence-corrected chi connectivity index (χ2v) is 8.58. The van der Waals surface area contributed by atoms with E-state index in [4.69, 9.17) is 15.2 Å². The Bertz CT molecular complexity index is 1160. The third-order valence-electron chi connectivity index (χ3n) is 4.62. The molecule has 9 nitrogen and oxygen atoms in total. The van der Waals surface area contributed by atoms with E-state index in [9.17, 15) is 19.2 Å². The first kappa shape index (κ1) is 24.8. The molecule has 10 heteroatoms. The van der Waals surface area contributed by atoms with Crippen molar-refractivity contribution in [1.82, 2.24) is 4.90 Å². The van der Waals surface area contributed by atoms with Crippen LogP contribution in [0.5, 0.6) is 11.5 Å². The van der Waals surface area contributed by atoms with Crippen LogP contribution in [0.2, 0.25) is 0 Å². The molecule has 1 fully saturated rings. The lowest BCUT2D eigenvalue weighted by molar-refractivity contribution is -0.127. The Balaban J connectivity index is 1.72. The summed E-state index contributed by atoms with van der Waals surface area (Å²) < 4.78 is 10.9. The van der Waals surface area contributed by atoms with Crippen LogP contribution >= 0.6 is 11.8 Å². The van der Waals surface area contributed by atoms with Gasteiger partial charge >= 0.3 is 0 Å². The molecule has 34 heavy (non-hydrogen) atoms. The number of nitrogens with one attached hydrogen (secondary N) is 1. The minimum Gasteiger partial charge on any atom is -0.490 e. The van der Waals surface area contributed by atoms with Crippen LogP contribution in [0.4, 0.5) is 10.5 Å². The lowest BCUT2D eigenvalue weighted by atomic mass is 10.1. The number of thioether (sulfide) groups is 1. The summed E-state index contributed by atoms with van der Waals surface area (Å²) in [6, 6.07) is 10.5. The minimum absolute atomic E-state index is 0.178. The number of aryl methyl sites for hydroxylation is 2. The summed E-state index contributed by atoms with van der Waals surface area (Å²) in [4.78, 5) is 49.7. The first-order valence-corrected chi connectivity index (χ1v) is 11.3. The lowest BCUT2D eigenvalue weighted by Gasteiger charge is -2.13. The fourth-order valence-electron chi connectivity index (χ4n) is 3.33. The van der Waals surface area contributed by atoms with Gasteiger partial charge in [-0.25, -0.2) is 0 Å². The van der Waals surface area contributed by atoms with E-state index in [1.54, 1.807) is 25.1 Å². The van der Waals surface area contributed by atoms with E-state index < -0.39 is 23.0 Å². The Hall–Kier alpha value is -3.79. The summed E-state index contributed by atoms with van der Waals surface area (Å²) in [5.41, 5.74) is 8.28. The highest BCUT2D eigenvalue weighted by Crippen LogP contribution is 2.34. The van der Waals surface area contributed by atoms with Crippen molar-refractivity contribution in [3.05, 3.63) is 58.0 Å². The molecule has 0 bridgehead atoms. The first-order valence-electron chi connectivity index (χ1n) is 10.5. The second kappa shape index (κ2) is 10.9. The molecular formula is C24H25N3O6S. The van der Waals surface area contributed by atoms with Gasteiger partial charge in [-0.1, -0.05) is 12.1 Å². The Morgan fingerprint density at radius 2 is 1.76 bits per heavy atom. The number of rotatable bonds is 9. The first-order chi connectivity index (χ1) is 16.2. The maximum atomic E-state index is 12.8. The summed E-state index contributed by atoms with van der Waals surface area (Å²) in [7, 11) is 0.